The average molecular weight is 692 g/mol. The first-order chi connectivity index (χ1) is 21.7. The molecule has 4 aromatic rings. The summed E-state index contributed by atoms with van der Waals surface area (Å²) in [6.07, 6.45) is -0.501. The standard InChI is InChI=1S/C35H35BrN2O6S/c1-25-7-5-8-26(23-25)24-37-34(40)35(19-22-45(41,42)31-9-3-2-4-10-31)32(27-11-15-29(36)16-12-27)44-33(38-35)28-13-17-30(18-14-28)43-21-6-20-39/h2-5,7-18,23,32,39H,6,19-22,24H2,1H3,(H,37,40)/t32-,35-/m1/s1. The van der Waals surface area contributed by atoms with Crippen molar-refractivity contribution >= 4 is 37.6 Å². The number of aliphatic imine (C=N–C) groups is 1. The van der Waals surface area contributed by atoms with E-state index >= 15 is 0 Å². The molecule has 8 nitrogen and oxygen atoms in total. The quantitative estimate of drug-likeness (QED) is 0.168. The Morgan fingerprint density at radius 3 is 2.42 bits per heavy atom. The van der Waals surface area contributed by atoms with Gasteiger partial charge in [-0.25, -0.2) is 13.4 Å². The smallest absolute Gasteiger partial charge is 0.252 e. The van der Waals surface area contributed by atoms with Crippen molar-refractivity contribution in [3.05, 3.63) is 130 Å². The van der Waals surface area contributed by atoms with Crippen molar-refractivity contribution < 1.29 is 27.8 Å². The number of carbonyl (C=O) groups excluding carboxylic acids is 1. The molecule has 0 saturated heterocycles. The van der Waals surface area contributed by atoms with Crippen LogP contribution < -0.4 is 10.1 Å². The Morgan fingerprint density at radius 1 is 1.00 bits per heavy atom. The van der Waals surface area contributed by atoms with Crippen LogP contribution in [-0.2, 0) is 25.9 Å². The van der Waals surface area contributed by atoms with Gasteiger partial charge >= 0.3 is 0 Å². The number of aliphatic hydroxyl groups excluding tert-OH is 1. The minimum Gasteiger partial charge on any atom is -0.494 e. The number of sulfone groups is 1. The van der Waals surface area contributed by atoms with Crippen molar-refractivity contribution in [3.63, 3.8) is 0 Å². The van der Waals surface area contributed by atoms with Gasteiger partial charge in [-0.15, -0.1) is 0 Å². The topological polar surface area (TPSA) is 114 Å². The van der Waals surface area contributed by atoms with Gasteiger partial charge in [0.15, 0.2) is 21.5 Å². The average Bonchev–Trinajstić information content (AvgIpc) is 3.45. The van der Waals surface area contributed by atoms with Crippen LogP contribution in [0.3, 0.4) is 0 Å². The Morgan fingerprint density at radius 2 is 1.73 bits per heavy atom. The molecule has 0 radical (unpaired) electrons. The van der Waals surface area contributed by atoms with Crippen molar-refractivity contribution in [1.29, 1.82) is 0 Å². The third-order valence-corrected chi connectivity index (χ3v) is 9.85. The van der Waals surface area contributed by atoms with Crippen LogP contribution in [0.25, 0.3) is 0 Å². The molecule has 4 aromatic carbocycles. The van der Waals surface area contributed by atoms with E-state index in [1.165, 1.54) is 0 Å². The van der Waals surface area contributed by atoms with Gasteiger partial charge in [-0.2, -0.15) is 0 Å². The first-order valence-electron chi connectivity index (χ1n) is 14.7. The zero-order chi connectivity index (χ0) is 31.9. The number of amides is 1. The highest BCUT2D eigenvalue weighted by Crippen LogP contribution is 2.43. The van der Waals surface area contributed by atoms with Gasteiger partial charge < -0.3 is 19.9 Å². The van der Waals surface area contributed by atoms with E-state index in [1.807, 2.05) is 55.5 Å². The highest BCUT2D eigenvalue weighted by Gasteiger charge is 2.53. The first-order valence-corrected chi connectivity index (χ1v) is 17.1. The third-order valence-electron chi connectivity index (χ3n) is 7.59. The largest absolute Gasteiger partial charge is 0.494 e. The lowest BCUT2D eigenvalue weighted by molar-refractivity contribution is -0.129. The Bertz CT molecular complexity index is 1750. The van der Waals surface area contributed by atoms with E-state index < -0.39 is 27.4 Å². The second-order valence-electron chi connectivity index (χ2n) is 10.9. The number of aliphatic hydroxyl groups is 1. The predicted molar refractivity (Wildman–Crippen MR) is 177 cm³/mol. The third kappa shape index (κ3) is 7.81. The van der Waals surface area contributed by atoms with E-state index in [2.05, 4.69) is 21.2 Å². The maximum Gasteiger partial charge on any atom is 0.252 e. The zero-order valence-corrected chi connectivity index (χ0v) is 27.3. The molecule has 10 heteroatoms. The second kappa shape index (κ2) is 14.4. The van der Waals surface area contributed by atoms with Gasteiger partial charge in [-0.3, -0.25) is 4.79 Å². The fourth-order valence-electron chi connectivity index (χ4n) is 5.20. The van der Waals surface area contributed by atoms with Crippen molar-refractivity contribution in [2.24, 2.45) is 4.99 Å². The Kier molecular flexibility index (Phi) is 10.4. The minimum atomic E-state index is -3.75. The second-order valence-corrected chi connectivity index (χ2v) is 13.9. The van der Waals surface area contributed by atoms with Gasteiger partial charge in [0.05, 0.1) is 17.3 Å². The van der Waals surface area contributed by atoms with Crippen molar-refractivity contribution in [1.82, 2.24) is 5.32 Å². The molecular weight excluding hydrogens is 656 g/mol. The van der Waals surface area contributed by atoms with Gasteiger partial charge in [-0.05, 0) is 66.6 Å². The highest BCUT2D eigenvalue weighted by atomic mass is 79.9. The number of aryl methyl sites for hydroxylation is 1. The lowest BCUT2D eigenvalue weighted by Gasteiger charge is -2.30. The summed E-state index contributed by atoms with van der Waals surface area (Å²) in [5.41, 5.74) is 1.68. The lowest BCUT2D eigenvalue weighted by Crippen LogP contribution is -2.49. The Hall–Kier alpha value is -3.99. The fraction of sp³-hybridized carbons (Fsp3) is 0.257. The van der Waals surface area contributed by atoms with E-state index in [9.17, 15) is 13.2 Å². The van der Waals surface area contributed by atoms with E-state index in [1.54, 1.807) is 54.6 Å². The van der Waals surface area contributed by atoms with Crippen molar-refractivity contribution in [2.45, 2.75) is 42.8 Å². The van der Waals surface area contributed by atoms with E-state index in [4.69, 9.17) is 19.6 Å². The number of nitrogens with zero attached hydrogens (tertiary/aromatic N) is 1. The molecule has 1 aliphatic rings. The summed E-state index contributed by atoms with van der Waals surface area (Å²) in [6.45, 7) is 2.63. The molecule has 5 rings (SSSR count). The molecule has 0 saturated carbocycles. The predicted octanol–water partition coefficient (Wildman–Crippen LogP) is 5.96. The van der Waals surface area contributed by atoms with Crippen LogP contribution in [0.15, 0.2) is 117 Å². The molecule has 2 atom stereocenters. The molecule has 45 heavy (non-hydrogen) atoms. The van der Waals surface area contributed by atoms with Gasteiger partial charge in [0.1, 0.15) is 5.75 Å². The molecule has 234 valence electrons. The molecule has 0 spiro atoms. The maximum absolute atomic E-state index is 14.4. The van der Waals surface area contributed by atoms with Crippen LogP contribution in [0.1, 0.15) is 41.2 Å². The zero-order valence-electron chi connectivity index (χ0n) is 24.9. The molecule has 0 aliphatic carbocycles. The molecule has 1 aliphatic heterocycles. The van der Waals surface area contributed by atoms with Crippen LogP contribution in [0.4, 0.5) is 0 Å². The normalized spacial score (nSPS) is 17.8. The van der Waals surface area contributed by atoms with Crippen molar-refractivity contribution in [2.75, 3.05) is 19.0 Å². The minimum absolute atomic E-state index is 0.0359. The molecule has 1 heterocycles. The SMILES string of the molecule is Cc1cccc(CNC(=O)[C@]2(CCS(=O)(=O)c3ccccc3)N=C(c3ccc(OCCCO)cc3)O[C@@H]2c2ccc(Br)cc2)c1. The summed E-state index contributed by atoms with van der Waals surface area (Å²) in [7, 11) is -3.75. The number of carbonyl (C=O) groups is 1. The summed E-state index contributed by atoms with van der Waals surface area (Å²) in [4.78, 5) is 19.5. The molecule has 2 N–H and O–H groups in total. The number of nitrogens with one attached hydrogen (secondary N) is 1. The molecule has 0 bridgehead atoms. The molecule has 0 aromatic heterocycles. The molecule has 0 fully saturated rings. The molecular formula is C35H35BrN2O6S. The van der Waals surface area contributed by atoms with Gasteiger partial charge in [-0.1, -0.05) is 76.1 Å². The number of hydrogen-bond donors (Lipinski definition) is 2. The Labute approximate surface area is 272 Å². The maximum atomic E-state index is 14.4. The monoisotopic (exact) mass is 690 g/mol. The number of ether oxygens (including phenoxy) is 2. The van der Waals surface area contributed by atoms with Crippen molar-refractivity contribution in [3.8, 4) is 5.75 Å². The molecule has 1 amide bonds. The van der Waals surface area contributed by atoms with E-state index in [-0.39, 0.29) is 36.1 Å². The summed E-state index contributed by atoms with van der Waals surface area (Å²) in [5, 5.41) is 12.1. The van der Waals surface area contributed by atoms with Crippen LogP contribution in [-0.4, -0.2) is 49.8 Å². The summed E-state index contributed by atoms with van der Waals surface area (Å²) in [5.74, 6) is 0.0952. The van der Waals surface area contributed by atoms with Gasteiger partial charge in [0, 0.05) is 36.0 Å². The number of hydrogen-bond acceptors (Lipinski definition) is 7. The van der Waals surface area contributed by atoms with E-state index in [0.717, 1.165) is 15.6 Å². The lowest BCUT2D eigenvalue weighted by atomic mass is 9.85. The van der Waals surface area contributed by atoms with Gasteiger partial charge in [0.2, 0.25) is 5.90 Å². The number of benzene rings is 4. The number of rotatable bonds is 13. The first kappa shape index (κ1) is 32.4. The summed E-state index contributed by atoms with van der Waals surface area (Å²) < 4.78 is 40.0. The van der Waals surface area contributed by atoms with Crippen LogP contribution in [0.5, 0.6) is 5.75 Å². The fourth-order valence-corrected chi connectivity index (χ4v) is 6.85. The Balaban J connectivity index is 1.54. The highest BCUT2D eigenvalue weighted by molar-refractivity contribution is 9.10. The summed E-state index contributed by atoms with van der Waals surface area (Å²) >= 11 is 3.47. The van der Waals surface area contributed by atoms with Crippen LogP contribution >= 0.6 is 15.9 Å². The van der Waals surface area contributed by atoms with Crippen LogP contribution in [0, 0.1) is 6.92 Å². The molecule has 0 unspecified atom stereocenters. The summed E-state index contributed by atoms with van der Waals surface area (Å²) in [6, 6.07) is 30.5. The van der Waals surface area contributed by atoms with Crippen LogP contribution in [0.2, 0.25) is 0 Å². The van der Waals surface area contributed by atoms with E-state index in [0.29, 0.717) is 29.9 Å². The van der Waals surface area contributed by atoms with Gasteiger partial charge in [0.25, 0.3) is 5.91 Å². The number of halogens is 1.